The molecule has 0 saturated carbocycles. The van der Waals surface area contributed by atoms with Gasteiger partial charge in [-0.05, 0) is 49.2 Å². The maximum atomic E-state index is 13.5. The van der Waals surface area contributed by atoms with Crippen LogP contribution in [0.2, 0.25) is 0 Å². The lowest BCUT2D eigenvalue weighted by Crippen LogP contribution is -2.35. The Kier molecular flexibility index (Phi) is 6.01. The van der Waals surface area contributed by atoms with E-state index in [2.05, 4.69) is 4.98 Å². The van der Waals surface area contributed by atoms with Gasteiger partial charge < -0.3 is 4.74 Å². The molecule has 0 bridgehead atoms. The number of carbonyl (C=O) groups excluding carboxylic acids is 1. The number of esters is 1. The van der Waals surface area contributed by atoms with Gasteiger partial charge in [0.05, 0.1) is 21.5 Å². The Morgan fingerprint density at radius 1 is 1.03 bits per heavy atom. The Morgan fingerprint density at radius 3 is 2.39 bits per heavy atom. The van der Waals surface area contributed by atoms with Crippen molar-refractivity contribution in [2.45, 2.75) is 37.3 Å². The van der Waals surface area contributed by atoms with Crippen molar-refractivity contribution < 1.29 is 26.7 Å². The van der Waals surface area contributed by atoms with Crippen molar-refractivity contribution in [1.29, 1.82) is 0 Å². The molecule has 7 nitrogen and oxygen atoms in total. The van der Waals surface area contributed by atoms with E-state index in [1.165, 1.54) is 34.6 Å². The van der Waals surface area contributed by atoms with Crippen molar-refractivity contribution in [3.05, 3.63) is 59.9 Å². The van der Waals surface area contributed by atoms with Gasteiger partial charge in [-0.3, -0.25) is 4.57 Å². The van der Waals surface area contributed by atoms with Crippen LogP contribution in [0.3, 0.4) is 0 Å². The molecule has 2 heterocycles. The number of sulfonamides is 1. The minimum absolute atomic E-state index is 0.0751. The first-order valence-electron chi connectivity index (χ1n) is 9.89. The molecule has 0 aliphatic carbocycles. The van der Waals surface area contributed by atoms with Gasteiger partial charge in [-0.15, -0.1) is 0 Å². The smallest absolute Gasteiger partial charge is 0.338 e. The van der Waals surface area contributed by atoms with Gasteiger partial charge in [0.1, 0.15) is 6.61 Å². The number of imidazole rings is 1. The summed E-state index contributed by atoms with van der Waals surface area (Å²) in [6.07, 6.45) is 2.66. The van der Waals surface area contributed by atoms with Gasteiger partial charge in [0.15, 0.2) is 5.82 Å². The number of carbonyl (C=O) groups is 1. The summed E-state index contributed by atoms with van der Waals surface area (Å²) in [6, 6.07) is 11.8. The molecule has 0 spiro atoms. The highest BCUT2D eigenvalue weighted by Crippen LogP contribution is 2.24. The molecular weight excluding hydrogens is 428 g/mol. The van der Waals surface area contributed by atoms with Crippen LogP contribution >= 0.6 is 0 Å². The molecule has 31 heavy (non-hydrogen) atoms. The highest BCUT2D eigenvalue weighted by molar-refractivity contribution is 7.89. The summed E-state index contributed by atoms with van der Waals surface area (Å²) in [5.74, 6) is -0.830. The van der Waals surface area contributed by atoms with Crippen LogP contribution < -0.4 is 0 Å². The summed E-state index contributed by atoms with van der Waals surface area (Å²) in [4.78, 5) is 16.6. The molecule has 4 rings (SSSR count). The van der Waals surface area contributed by atoms with E-state index in [9.17, 15) is 22.0 Å². The second-order valence-corrected chi connectivity index (χ2v) is 9.17. The maximum Gasteiger partial charge on any atom is 0.338 e. The first-order chi connectivity index (χ1) is 14.9. The van der Waals surface area contributed by atoms with Gasteiger partial charge in [0.2, 0.25) is 10.0 Å². The topological polar surface area (TPSA) is 81.5 Å². The number of nitrogens with zero attached hydrogens (tertiary/aromatic N) is 3. The molecular formula is C21H21F2N3O4S. The Balaban J connectivity index is 1.47. The average Bonchev–Trinajstić information content (AvgIpc) is 3.17. The van der Waals surface area contributed by atoms with Gasteiger partial charge in [0, 0.05) is 13.1 Å². The molecule has 1 aliphatic heterocycles. The number of para-hydroxylation sites is 2. The first kappa shape index (κ1) is 21.4. The van der Waals surface area contributed by atoms with Crippen LogP contribution in [0.1, 0.15) is 42.0 Å². The van der Waals surface area contributed by atoms with Crippen LogP contribution in [0.5, 0.6) is 0 Å². The van der Waals surface area contributed by atoms with Crippen molar-refractivity contribution in [3.63, 3.8) is 0 Å². The van der Waals surface area contributed by atoms with E-state index in [0.29, 0.717) is 18.6 Å². The zero-order valence-corrected chi connectivity index (χ0v) is 17.4. The number of piperidine rings is 1. The number of hydrogen-bond donors (Lipinski definition) is 0. The molecule has 1 aromatic heterocycles. The molecule has 164 valence electrons. The minimum Gasteiger partial charge on any atom is -0.454 e. The molecule has 2 aromatic carbocycles. The Labute approximate surface area is 178 Å². The lowest BCUT2D eigenvalue weighted by atomic mass is 10.2. The summed E-state index contributed by atoms with van der Waals surface area (Å²) in [5, 5.41) is 0. The van der Waals surface area contributed by atoms with Crippen LogP contribution in [0.4, 0.5) is 8.78 Å². The molecule has 0 radical (unpaired) electrons. The second-order valence-electron chi connectivity index (χ2n) is 7.23. The monoisotopic (exact) mass is 449 g/mol. The minimum atomic E-state index is -3.61. The SMILES string of the molecule is O=C(OCc1nc2ccccc2n1C(F)F)c1ccc(S(=O)(=O)N2CCCCC2)cc1. The third kappa shape index (κ3) is 4.31. The number of aromatic nitrogens is 2. The van der Waals surface area contributed by atoms with Crippen molar-refractivity contribution in [2.75, 3.05) is 13.1 Å². The number of alkyl halides is 2. The number of halogens is 2. The van der Waals surface area contributed by atoms with E-state index < -0.39 is 29.1 Å². The fourth-order valence-corrected chi connectivity index (χ4v) is 5.16. The Hall–Kier alpha value is -2.85. The lowest BCUT2D eigenvalue weighted by Gasteiger charge is -2.25. The molecule has 1 saturated heterocycles. The van der Waals surface area contributed by atoms with Crippen LogP contribution in [0.15, 0.2) is 53.4 Å². The van der Waals surface area contributed by atoms with Gasteiger partial charge in [-0.1, -0.05) is 18.6 Å². The highest BCUT2D eigenvalue weighted by Gasteiger charge is 2.26. The van der Waals surface area contributed by atoms with Crippen LogP contribution in [0, 0.1) is 0 Å². The summed E-state index contributed by atoms with van der Waals surface area (Å²) >= 11 is 0. The van der Waals surface area contributed by atoms with Gasteiger partial charge in [-0.2, -0.15) is 13.1 Å². The summed E-state index contributed by atoms with van der Waals surface area (Å²) in [6.45, 7) is -2.30. The molecule has 1 aliphatic rings. The molecule has 10 heteroatoms. The quantitative estimate of drug-likeness (QED) is 0.532. The van der Waals surface area contributed by atoms with E-state index in [1.54, 1.807) is 18.2 Å². The van der Waals surface area contributed by atoms with Gasteiger partial charge >= 0.3 is 12.5 Å². The number of benzene rings is 2. The van der Waals surface area contributed by atoms with Crippen LogP contribution in [-0.4, -0.2) is 41.3 Å². The summed E-state index contributed by atoms with van der Waals surface area (Å²) in [5.41, 5.74) is 0.745. The molecule has 0 amide bonds. The van der Waals surface area contributed by atoms with E-state index >= 15 is 0 Å². The second kappa shape index (κ2) is 8.72. The third-order valence-electron chi connectivity index (χ3n) is 5.24. The number of ether oxygens (including phenoxy) is 1. The van der Waals surface area contributed by atoms with Gasteiger partial charge in [-0.25, -0.2) is 18.2 Å². The Morgan fingerprint density at radius 2 is 1.71 bits per heavy atom. The van der Waals surface area contributed by atoms with Gasteiger partial charge in [0.25, 0.3) is 0 Å². The highest BCUT2D eigenvalue weighted by atomic mass is 32.2. The Bertz CT molecular complexity index is 1190. The molecule has 0 N–H and O–H groups in total. The summed E-state index contributed by atoms with van der Waals surface area (Å²) < 4.78 is 59.6. The average molecular weight is 449 g/mol. The van der Waals surface area contributed by atoms with Crippen molar-refractivity contribution in [2.24, 2.45) is 0 Å². The molecule has 0 atom stereocenters. The number of rotatable bonds is 6. The zero-order valence-electron chi connectivity index (χ0n) is 16.6. The standard InChI is InChI=1S/C21H21F2N3O4S/c22-21(23)26-18-7-3-2-6-17(18)24-19(26)14-30-20(27)15-8-10-16(11-9-15)31(28,29)25-12-4-1-5-13-25/h2-3,6-11,21H,1,4-5,12-14H2. The van der Waals surface area contributed by atoms with E-state index in [0.717, 1.165) is 23.8 Å². The van der Waals surface area contributed by atoms with Crippen molar-refractivity contribution in [1.82, 2.24) is 13.9 Å². The fraction of sp³-hybridized carbons (Fsp3) is 0.333. The molecule has 3 aromatic rings. The maximum absolute atomic E-state index is 13.5. The number of fused-ring (bicyclic) bond motifs is 1. The lowest BCUT2D eigenvalue weighted by molar-refractivity contribution is 0.0387. The summed E-state index contributed by atoms with van der Waals surface area (Å²) in [7, 11) is -3.61. The largest absolute Gasteiger partial charge is 0.454 e. The normalized spacial score (nSPS) is 15.5. The zero-order chi connectivity index (χ0) is 22.0. The third-order valence-corrected chi connectivity index (χ3v) is 7.15. The predicted molar refractivity (Wildman–Crippen MR) is 109 cm³/mol. The number of hydrogen-bond acceptors (Lipinski definition) is 5. The predicted octanol–water partition coefficient (Wildman–Crippen LogP) is 3.96. The van der Waals surface area contributed by atoms with Crippen molar-refractivity contribution >= 4 is 27.0 Å². The van der Waals surface area contributed by atoms with E-state index in [1.807, 2.05) is 0 Å². The van der Waals surface area contributed by atoms with E-state index in [4.69, 9.17) is 4.74 Å². The first-order valence-corrected chi connectivity index (χ1v) is 11.3. The molecule has 1 fully saturated rings. The van der Waals surface area contributed by atoms with Crippen molar-refractivity contribution in [3.8, 4) is 0 Å². The van der Waals surface area contributed by atoms with Crippen LogP contribution in [-0.2, 0) is 21.4 Å². The molecule has 0 unspecified atom stereocenters. The fourth-order valence-electron chi connectivity index (χ4n) is 3.64. The van der Waals surface area contributed by atoms with E-state index in [-0.39, 0.29) is 21.8 Å². The van der Waals surface area contributed by atoms with Crippen LogP contribution in [0.25, 0.3) is 11.0 Å².